The number of carbonyl (C=O) groups is 1. The maximum absolute atomic E-state index is 12.5. The van der Waals surface area contributed by atoms with Crippen LogP contribution in [0.4, 0.5) is 0 Å². The van der Waals surface area contributed by atoms with Gasteiger partial charge in [-0.1, -0.05) is 0 Å². The molecule has 7 nitrogen and oxygen atoms in total. The fraction of sp³-hybridized carbons (Fsp3) is 0.200. The number of hydrogen-bond donors (Lipinski definition) is 2. The molecule has 0 saturated carbocycles. The van der Waals surface area contributed by atoms with Crippen LogP contribution in [0.5, 0.6) is 17.2 Å². The van der Waals surface area contributed by atoms with Crippen molar-refractivity contribution in [3.63, 3.8) is 0 Å². The molecule has 4 rings (SSSR count). The summed E-state index contributed by atoms with van der Waals surface area (Å²) < 4.78 is 16.1. The molecule has 27 heavy (non-hydrogen) atoms. The number of nitrogens with zero attached hydrogens (tertiary/aromatic N) is 1. The number of H-pyrrole nitrogens is 1. The van der Waals surface area contributed by atoms with Crippen molar-refractivity contribution in [2.24, 2.45) is 0 Å². The number of nitrogens with one attached hydrogen (secondary N) is 2. The minimum Gasteiger partial charge on any atom is -0.497 e. The van der Waals surface area contributed by atoms with Crippen LogP contribution in [0, 0.1) is 0 Å². The highest BCUT2D eigenvalue weighted by molar-refractivity contribution is 6.00. The number of methoxy groups -OCH3 is 3. The number of aromatic nitrogens is 2. The van der Waals surface area contributed by atoms with Crippen molar-refractivity contribution in [2.45, 2.75) is 6.04 Å². The molecule has 0 bridgehead atoms. The van der Waals surface area contributed by atoms with Crippen LogP contribution in [0.15, 0.2) is 42.5 Å². The van der Waals surface area contributed by atoms with Gasteiger partial charge in [0.2, 0.25) is 0 Å². The molecule has 0 spiro atoms. The molecule has 2 N–H and O–H groups in total. The lowest BCUT2D eigenvalue weighted by Crippen LogP contribution is -2.21. The van der Waals surface area contributed by atoms with Crippen molar-refractivity contribution in [2.75, 3.05) is 21.3 Å². The van der Waals surface area contributed by atoms with Gasteiger partial charge in [0.1, 0.15) is 22.9 Å². The summed E-state index contributed by atoms with van der Waals surface area (Å²) in [6.45, 7) is 0. The second-order valence-corrected chi connectivity index (χ2v) is 6.10. The van der Waals surface area contributed by atoms with Gasteiger partial charge in [-0.15, -0.1) is 0 Å². The zero-order valence-corrected chi connectivity index (χ0v) is 15.2. The molecular formula is C20H19N3O4. The molecule has 138 valence electrons. The summed E-state index contributed by atoms with van der Waals surface area (Å²) in [7, 11) is 4.82. The zero-order valence-electron chi connectivity index (χ0n) is 15.2. The van der Waals surface area contributed by atoms with Gasteiger partial charge in [0.25, 0.3) is 5.91 Å². The van der Waals surface area contributed by atoms with Crippen LogP contribution < -0.4 is 19.5 Å². The van der Waals surface area contributed by atoms with E-state index < -0.39 is 6.04 Å². The summed E-state index contributed by atoms with van der Waals surface area (Å²) >= 11 is 0. The Morgan fingerprint density at radius 2 is 1.63 bits per heavy atom. The second kappa shape index (κ2) is 6.68. The van der Waals surface area contributed by atoms with Crippen LogP contribution in [0.2, 0.25) is 0 Å². The molecule has 1 atom stereocenters. The van der Waals surface area contributed by atoms with Crippen LogP contribution >= 0.6 is 0 Å². The van der Waals surface area contributed by atoms with E-state index in [1.165, 1.54) is 0 Å². The zero-order chi connectivity index (χ0) is 19.0. The molecule has 1 aliphatic heterocycles. The Morgan fingerprint density at radius 3 is 2.30 bits per heavy atom. The number of fused-ring (bicyclic) bond motifs is 1. The summed E-state index contributed by atoms with van der Waals surface area (Å²) in [4.78, 5) is 12.5. The molecule has 0 aliphatic carbocycles. The molecule has 1 aromatic heterocycles. The fourth-order valence-corrected chi connectivity index (χ4v) is 3.35. The minimum atomic E-state index is -0.395. The van der Waals surface area contributed by atoms with Crippen LogP contribution in [0.3, 0.4) is 0 Å². The van der Waals surface area contributed by atoms with Gasteiger partial charge in [-0.2, -0.15) is 5.10 Å². The number of amides is 1. The number of hydrogen-bond acceptors (Lipinski definition) is 5. The summed E-state index contributed by atoms with van der Waals surface area (Å²) in [5, 5.41) is 10.3. The Balaban J connectivity index is 1.84. The largest absolute Gasteiger partial charge is 0.497 e. The molecule has 3 aromatic rings. The molecule has 0 radical (unpaired) electrons. The van der Waals surface area contributed by atoms with Gasteiger partial charge in [0, 0.05) is 16.7 Å². The molecule has 1 aliphatic rings. The van der Waals surface area contributed by atoms with Gasteiger partial charge >= 0.3 is 0 Å². The Labute approximate surface area is 156 Å². The monoisotopic (exact) mass is 365 g/mol. The fourth-order valence-electron chi connectivity index (χ4n) is 3.35. The van der Waals surface area contributed by atoms with Gasteiger partial charge in [-0.3, -0.25) is 9.89 Å². The van der Waals surface area contributed by atoms with E-state index in [-0.39, 0.29) is 5.91 Å². The van der Waals surface area contributed by atoms with E-state index >= 15 is 0 Å². The van der Waals surface area contributed by atoms with E-state index in [0.29, 0.717) is 22.9 Å². The maximum Gasteiger partial charge on any atom is 0.270 e. The number of carbonyl (C=O) groups excluding carboxylic acids is 1. The van der Waals surface area contributed by atoms with Crippen molar-refractivity contribution >= 4 is 5.91 Å². The van der Waals surface area contributed by atoms with Crippen molar-refractivity contribution < 1.29 is 19.0 Å². The third-order valence-electron chi connectivity index (χ3n) is 4.71. The highest BCUT2D eigenvalue weighted by Gasteiger charge is 2.37. The molecule has 2 heterocycles. The Bertz CT molecular complexity index is 995. The first kappa shape index (κ1) is 17.0. The van der Waals surface area contributed by atoms with Crippen molar-refractivity contribution in [3.05, 3.63) is 59.3 Å². The van der Waals surface area contributed by atoms with Crippen molar-refractivity contribution in [1.82, 2.24) is 15.5 Å². The highest BCUT2D eigenvalue weighted by atomic mass is 16.5. The quantitative estimate of drug-likeness (QED) is 0.726. The third-order valence-corrected chi connectivity index (χ3v) is 4.71. The summed E-state index contributed by atoms with van der Waals surface area (Å²) in [5.74, 6) is 1.90. The standard InChI is InChI=1S/C20H19N3O4/c1-25-12-6-4-11(5-7-12)17-16-18(21-20(24)19(16)23-22-17)14-10-13(26-2)8-9-15(14)27-3/h4-10,18H,1-3H3,(H,21,24)(H,22,23)/t18-/m1/s1. The number of benzene rings is 2. The molecule has 7 heteroatoms. The Kier molecular flexibility index (Phi) is 4.19. The molecule has 0 fully saturated rings. The number of aromatic amines is 1. The second-order valence-electron chi connectivity index (χ2n) is 6.10. The van der Waals surface area contributed by atoms with E-state index in [2.05, 4.69) is 15.5 Å². The smallest absolute Gasteiger partial charge is 0.270 e. The molecule has 0 saturated heterocycles. The third kappa shape index (κ3) is 2.77. The lowest BCUT2D eigenvalue weighted by Gasteiger charge is -2.17. The van der Waals surface area contributed by atoms with Crippen LogP contribution in [-0.2, 0) is 0 Å². The van der Waals surface area contributed by atoms with Crippen LogP contribution in [0.25, 0.3) is 11.3 Å². The average Bonchev–Trinajstić information content (AvgIpc) is 3.29. The van der Waals surface area contributed by atoms with E-state index in [0.717, 1.165) is 22.4 Å². The van der Waals surface area contributed by atoms with Gasteiger partial charge in [0.05, 0.1) is 33.1 Å². The molecule has 1 amide bonds. The highest BCUT2D eigenvalue weighted by Crippen LogP contribution is 2.41. The van der Waals surface area contributed by atoms with E-state index in [1.807, 2.05) is 42.5 Å². The van der Waals surface area contributed by atoms with E-state index in [9.17, 15) is 4.79 Å². The first-order valence-electron chi connectivity index (χ1n) is 8.41. The number of ether oxygens (including phenoxy) is 3. The first-order chi connectivity index (χ1) is 13.2. The van der Waals surface area contributed by atoms with Gasteiger partial charge in [-0.05, 0) is 42.5 Å². The molecule has 0 unspecified atom stereocenters. The Hall–Kier alpha value is -3.48. The van der Waals surface area contributed by atoms with Crippen LogP contribution in [0.1, 0.15) is 27.7 Å². The lowest BCUT2D eigenvalue weighted by atomic mass is 9.96. The van der Waals surface area contributed by atoms with Gasteiger partial charge in [-0.25, -0.2) is 0 Å². The summed E-state index contributed by atoms with van der Waals surface area (Å²) in [5.41, 5.74) is 3.64. The maximum atomic E-state index is 12.5. The van der Waals surface area contributed by atoms with E-state index in [1.54, 1.807) is 21.3 Å². The topological polar surface area (TPSA) is 85.5 Å². The minimum absolute atomic E-state index is 0.202. The summed E-state index contributed by atoms with van der Waals surface area (Å²) in [6, 6.07) is 12.7. The van der Waals surface area contributed by atoms with Crippen molar-refractivity contribution in [1.29, 1.82) is 0 Å². The predicted octanol–water partition coefficient (Wildman–Crippen LogP) is 2.94. The normalized spacial score (nSPS) is 15.2. The first-order valence-corrected chi connectivity index (χ1v) is 8.41. The van der Waals surface area contributed by atoms with Gasteiger partial charge in [0.15, 0.2) is 0 Å². The van der Waals surface area contributed by atoms with Crippen LogP contribution in [-0.4, -0.2) is 37.4 Å². The summed E-state index contributed by atoms with van der Waals surface area (Å²) in [6.07, 6.45) is 0. The Morgan fingerprint density at radius 1 is 0.926 bits per heavy atom. The van der Waals surface area contributed by atoms with Crippen molar-refractivity contribution in [3.8, 4) is 28.5 Å². The number of rotatable bonds is 5. The van der Waals surface area contributed by atoms with E-state index in [4.69, 9.17) is 14.2 Å². The lowest BCUT2D eigenvalue weighted by molar-refractivity contribution is 0.0955. The SMILES string of the molecule is COc1ccc(-c2n[nH]c3c2[C@@H](c2cc(OC)ccc2OC)NC3=O)cc1. The van der Waals surface area contributed by atoms with Gasteiger partial charge < -0.3 is 19.5 Å². The molecular weight excluding hydrogens is 346 g/mol. The molecule has 2 aromatic carbocycles. The average molecular weight is 365 g/mol. The predicted molar refractivity (Wildman–Crippen MR) is 99.4 cm³/mol.